The quantitative estimate of drug-likeness (QED) is 0.194. The van der Waals surface area contributed by atoms with Crippen molar-refractivity contribution in [3.63, 3.8) is 0 Å². The molecule has 6 nitrogen and oxygen atoms in total. The van der Waals surface area contributed by atoms with E-state index in [1.54, 1.807) is 11.8 Å². The lowest BCUT2D eigenvalue weighted by atomic mass is 10.1. The van der Waals surface area contributed by atoms with Gasteiger partial charge in [0, 0.05) is 56.1 Å². The Bertz CT molecular complexity index is 1320. The second kappa shape index (κ2) is 12.8. The Morgan fingerprint density at radius 3 is 2.24 bits per heavy atom. The number of hydrogen-bond donors (Lipinski definition) is 0. The van der Waals surface area contributed by atoms with Crippen LogP contribution in [0, 0.1) is 6.92 Å². The maximum absolute atomic E-state index is 12.8. The molecule has 1 amide bonds. The molecule has 0 N–H and O–H groups in total. The van der Waals surface area contributed by atoms with Crippen molar-refractivity contribution in [1.82, 2.24) is 19.7 Å². The third kappa shape index (κ3) is 6.45. The minimum atomic E-state index is 0.275. The van der Waals surface area contributed by atoms with Crippen LogP contribution in [-0.4, -0.2) is 57.5 Å². The minimum Gasteiger partial charge on any atom is -0.368 e. The molecule has 0 unspecified atom stereocenters. The first-order valence-electron chi connectivity index (χ1n) is 13.4. The largest absolute Gasteiger partial charge is 0.368 e. The van der Waals surface area contributed by atoms with Gasteiger partial charge in [0.15, 0.2) is 5.16 Å². The first kappa shape index (κ1) is 26.0. The summed E-state index contributed by atoms with van der Waals surface area (Å²) in [6, 6.07) is 29.2. The molecule has 3 aromatic carbocycles. The van der Waals surface area contributed by atoms with Crippen molar-refractivity contribution in [2.24, 2.45) is 0 Å². The number of hydrogen-bond acceptors (Lipinski definition) is 5. The zero-order valence-corrected chi connectivity index (χ0v) is 22.8. The number of rotatable bonds is 10. The van der Waals surface area contributed by atoms with E-state index < -0.39 is 0 Å². The van der Waals surface area contributed by atoms with Crippen LogP contribution in [-0.2, 0) is 11.2 Å². The fourth-order valence-corrected chi connectivity index (χ4v) is 5.91. The van der Waals surface area contributed by atoms with Gasteiger partial charge < -0.3 is 9.80 Å². The topological polar surface area (TPSA) is 54.3 Å². The van der Waals surface area contributed by atoms with E-state index in [4.69, 9.17) is 0 Å². The Labute approximate surface area is 229 Å². The van der Waals surface area contributed by atoms with Crippen LogP contribution in [0.1, 0.15) is 36.2 Å². The van der Waals surface area contributed by atoms with Crippen LogP contribution in [0.25, 0.3) is 5.69 Å². The van der Waals surface area contributed by atoms with E-state index in [-0.39, 0.29) is 5.91 Å². The average molecular weight is 526 g/mol. The Hall–Kier alpha value is -3.58. The van der Waals surface area contributed by atoms with E-state index in [1.165, 1.54) is 16.8 Å². The number of carbonyl (C=O) groups is 1. The Morgan fingerprint density at radius 1 is 0.816 bits per heavy atom. The van der Waals surface area contributed by atoms with Gasteiger partial charge in [-0.15, -0.1) is 10.2 Å². The van der Waals surface area contributed by atoms with Crippen LogP contribution in [0.5, 0.6) is 0 Å². The Balaban J connectivity index is 1.11. The van der Waals surface area contributed by atoms with Crippen LogP contribution in [0.3, 0.4) is 0 Å². The summed E-state index contributed by atoms with van der Waals surface area (Å²) in [4.78, 5) is 17.3. The summed E-state index contributed by atoms with van der Waals surface area (Å²) in [5, 5.41) is 9.97. The Kier molecular flexibility index (Phi) is 8.76. The monoisotopic (exact) mass is 525 g/mol. The number of para-hydroxylation sites is 2. The lowest BCUT2D eigenvalue weighted by Crippen LogP contribution is -2.48. The molecule has 2 heterocycles. The first-order chi connectivity index (χ1) is 18.7. The van der Waals surface area contributed by atoms with Gasteiger partial charge in [-0.2, -0.15) is 0 Å². The summed E-state index contributed by atoms with van der Waals surface area (Å²) < 4.78 is 2.16. The van der Waals surface area contributed by atoms with Crippen molar-refractivity contribution in [3.05, 3.63) is 102 Å². The van der Waals surface area contributed by atoms with Gasteiger partial charge in [-0.1, -0.05) is 78.5 Å². The first-order valence-corrected chi connectivity index (χ1v) is 14.4. The molecule has 38 heavy (non-hydrogen) atoms. The highest BCUT2D eigenvalue weighted by Crippen LogP contribution is 2.25. The van der Waals surface area contributed by atoms with Gasteiger partial charge in [0.1, 0.15) is 5.82 Å². The number of benzene rings is 3. The highest BCUT2D eigenvalue weighted by Gasteiger charge is 2.21. The van der Waals surface area contributed by atoms with Crippen molar-refractivity contribution in [1.29, 1.82) is 0 Å². The molecule has 4 aromatic rings. The molecule has 0 spiro atoms. The number of thioether (sulfide) groups is 1. The smallest absolute Gasteiger partial charge is 0.222 e. The second-order valence-corrected chi connectivity index (χ2v) is 10.8. The summed E-state index contributed by atoms with van der Waals surface area (Å²) >= 11 is 1.72. The molecule has 0 atom stereocenters. The third-order valence-corrected chi connectivity index (χ3v) is 8.04. The minimum absolute atomic E-state index is 0.275. The number of aryl methyl sites for hydroxylation is 1. The summed E-state index contributed by atoms with van der Waals surface area (Å²) in [6.45, 7) is 5.54. The molecule has 7 heteroatoms. The third-order valence-electron chi connectivity index (χ3n) is 7.02. The van der Waals surface area contributed by atoms with Gasteiger partial charge in [0.2, 0.25) is 5.91 Å². The number of unbranched alkanes of at least 4 members (excludes halogenated alkanes) is 1. The fourth-order valence-electron chi connectivity index (χ4n) is 4.94. The van der Waals surface area contributed by atoms with Crippen molar-refractivity contribution in [2.75, 3.05) is 36.8 Å². The zero-order chi connectivity index (χ0) is 26.2. The lowest BCUT2D eigenvalue weighted by Gasteiger charge is -2.37. The van der Waals surface area contributed by atoms with E-state index in [1.807, 2.05) is 29.2 Å². The molecule has 0 radical (unpaired) electrons. The molecule has 1 saturated heterocycles. The van der Waals surface area contributed by atoms with E-state index in [0.717, 1.165) is 67.9 Å². The molecular weight excluding hydrogens is 490 g/mol. The van der Waals surface area contributed by atoms with E-state index >= 15 is 0 Å². The van der Waals surface area contributed by atoms with E-state index in [2.05, 4.69) is 87.3 Å². The molecule has 0 saturated carbocycles. The number of aromatic nitrogens is 3. The van der Waals surface area contributed by atoms with Gasteiger partial charge in [0.05, 0.1) is 0 Å². The van der Waals surface area contributed by atoms with Gasteiger partial charge in [-0.05, 0) is 49.1 Å². The molecule has 1 aliphatic heterocycles. The molecule has 0 bridgehead atoms. The molecule has 1 aromatic heterocycles. The summed E-state index contributed by atoms with van der Waals surface area (Å²) in [5.41, 5.74) is 4.87. The van der Waals surface area contributed by atoms with E-state index in [0.29, 0.717) is 6.42 Å². The summed E-state index contributed by atoms with van der Waals surface area (Å²) in [6.07, 6.45) is 3.19. The van der Waals surface area contributed by atoms with Gasteiger partial charge in [-0.3, -0.25) is 9.36 Å². The van der Waals surface area contributed by atoms with Crippen molar-refractivity contribution in [3.8, 4) is 5.69 Å². The second-order valence-electron chi connectivity index (χ2n) is 9.69. The SMILES string of the molecule is Cc1ccccc1N1CCN(C(=O)CCCCSc2nnc(Cc3ccccc3)n2-c2ccccc2)CC1. The normalized spacial score (nSPS) is 13.6. The highest BCUT2D eigenvalue weighted by molar-refractivity contribution is 7.99. The predicted molar refractivity (Wildman–Crippen MR) is 155 cm³/mol. The van der Waals surface area contributed by atoms with Gasteiger partial charge in [0.25, 0.3) is 0 Å². The number of carbonyl (C=O) groups excluding carboxylic acids is 1. The van der Waals surface area contributed by atoms with Crippen LogP contribution >= 0.6 is 11.8 Å². The standard InChI is InChI=1S/C31H35N5OS/c1-25-12-8-9-17-28(25)34-19-21-35(22-20-34)30(37)18-10-11-23-38-31-33-32-29(24-26-13-4-2-5-14-26)36(31)27-15-6-3-7-16-27/h2-9,12-17H,10-11,18-24H2,1H3. The lowest BCUT2D eigenvalue weighted by molar-refractivity contribution is -0.131. The van der Waals surface area contributed by atoms with E-state index in [9.17, 15) is 4.79 Å². The van der Waals surface area contributed by atoms with Gasteiger partial charge in [-0.25, -0.2) is 0 Å². The van der Waals surface area contributed by atoms with Crippen LogP contribution in [0.15, 0.2) is 90.1 Å². The average Bonchev–Trinajstić information content (AvgIpc) is 3.36. The number of nitrogens with zero attached hydrogens (tertiary/aromatic N) is 5. The maximum Gasteiger partial charge on any atom is 0.222 e. The number of piperazine rings is 1. The zero-order valence-electron chi connectivity index (χ0n) is 22.0. The van der Waals surface area contributed by atoms with Crippen LogP contribution < -0.4 is 4.90 Å². The maximum atomic E-state index is 12.8. The van der Waals surface area contributed by atoms with Crippen LogP contribution in [0.4, 0.5) is 5.69 Å². The van der Waals surface area contributed by atoms with Gasteiger partial charge >= 0.3 is 0 Å². The molecule has 0 aliphatic carbocycles. The highest BCUT2D eigenvalue weighted by atomic mass is 32.2. The molecular formula is C31H35N5OS. The summed E-state index contributed by atoms with van der Waals surface area (Å²) in [7, 11) is 0. The predicted octanol–water partition coefficient (Wildman–Crippen LogP) is 5.78. The van der Waals surface area contributed by atoms with Crippen LogP contribution in [0.2, 0.25) is 0 Å². The molecule has 1 aliphatic rings. The number of anilines is 1. The van der Waals surface area contributed by atoms with Crippen molar-refractivity contribution >= 4 is 23.4 Å². The molecule has 196 valence electrons. The molecule has 1 fully saturated rings. The Morgan fingerprint density at radius 2 is 1.50 bits per heavy atom. The fraction of sp³-hybridized carbons (Fsp3) is 0.323. The van der Waals surface area contributed by atoms with Crippen molar-refractivity contribution < 1.29 is 4.79 Å². The summed E-state index contributed by atoms with van der Waals surface area (Å²) in [5.74, 6) is 2.12. The molecule has 5 rings (SSSR count). The number of amides is 1. The van der Waals surface area contributed by atoms with Crippen molar-refractivity contribution in [2.45, 2.75) is 37.8 Å².